The van der Waals surface area contributed by atoms with Crippen LogP contribution in [0.5, 0.6) is 0 Å². The van der Waals surface area contributed by atoms with E-state index in [9.17, 15) is 4.79 Å². The number of aryl methyl sites for hydroxylation is 1. The number of aromatic nitrogens is 1. The van der Waals surface area contributed by atoms with Gasteiger partial charge in [0.2, 0.25) is 0 Å². The maximum absolute atomic E-state index is 12.8. The molecule has 1 fully saturated rings. The fourth-order valence-electron chi connectivity index (χ4n) is 4.20. The van der Waals surface area contributed by atoms with E-state index in [4.69, 9.17) is 23.2 Å². The first kappa shape index (κ1) is 22.9. The van der Waals surface area contributed by atoms with Crippen molar-refractivity contribution >= 4 is 63.5 Å². The quantitative estimate of drug-likeness (QED) is 0.280. The topological polar surface area (TPSA) is 46.1 Å². The summed E-state index contributed by atoms with van der Waals surface area (Å²) in [5.41, 5.74) is 6.18. The first-order chi connectivity index (χ1) is 16.4. The maximum atomic E-state index is 12.8. The molecule has 1 aromatic heterocycles. The third-order valence-electron chi connectivity index (χ3n) is 6.03. The summed E-state index contributed by atoms with van der Waals surface area (Å²) in [5, 5.41) is 8.90. The number of rotatable bonds is 5. The molecule has 0 saturated carbocycles. The van der Waals surface area contributed by atoms with Gasteiger partial charge in [-0.05, 0) is 61.4 Å². The number of hydrogen-bond donors (Lipinski definition) is 2. The van der Waals surface area contributed by atoms with Crippen LogP contribution in [0.4, 0.5) is 5.69 Å². The van der Waals surface area contributed by atoms with Gasteiger partial charge in [-0.2, -0.15) is 0 Å². The SMILES string of the molecule is Cc1ccc(Cl)cc1NC1NC(=O)/C(=C/c2c(C)n(Cc3ccc(Cl)cc3)c3ccccc23)S1. The fraction of sp³-hybridized carbons (Fsp3) is 0.148. The van der Waals surface area contributed by atoms with E-state index in [1.807, 2.05) is 67.6 Å². The van der Waals surface area contributed by atoms with E-state index in [1.54, 1.807) is 0 Å². The molecule has 1 amide bonds. The van der Waals surface area contributed by atoms with Crippen molar-refractivity contribution < 1.29 is 4.79 Å². The van der Waals surface area contributed by atoms with E-state index >= 15 is 0 Å². The maximum Gasteiger partial charge on any atom is 0.260 e. The van der Waals surface area contributed by atoms with Crippen molar-refractivity contribution in [2.75, 3.05) is 5.32 Å². The van der Waals surface area contributed by atoms with Crippen LogP contribution in [0, 0.1) is 13.8 Å². The molecule has 1 aliphatic rings. The molecule has 5 rings (SSSR count). The summed E-state index contributed by atoms with van der Waals surface area (Å²) < 4.78 is 2.29. The van der Waals surface area contributed by atoms with Crippen LogP contribution >= 0.6 is 35.0 Å². The van der Waals surface area contributed by atoms with Gasteiger partial charge in [0.15, 0.2) is 5.50 Å². The Bertz CT molecular complexity index is 1430. The molecular formula is C27H23Cl2N3OS. The average Bonchev–Trinajstić information content (AvgIpc) is 3.29. The summed E-state index contributed by atoms with van der Waals surface area (Å²) in [6, 6.07) is 21.9. The number of para-hydroxylation sites is 1. The van der Waals surface area contributed by atoms with Gasteiger partial charge < -0.3 is 15.2 Å². The summed E-state index contributed by atoms with van der Waals surface area (Å²) in [4.78, 5) is 13.5. The second-order valence-corrected chi connectivity index (χ2v) is 10.3. The second-order valence-electron chi connectivity index (χ2n) is 8.31. The molecule has 0 aliphatic carbocycles. The Morgan fingerprint density at radius 2 is 1.76 bits per heavy atom. The van der Waals surface area contributed by atoms with E-state index in [2.05, 4.69) is 34.3 Å². The van der Waals surface area contributed by atoms with Crippen LogP contribution in [-0.2, 0) is 11.3 Å². The number of benzene rings is 3. The molecule has 1 aliphatic heterocycles. The highest BCUT2D eigenvalue weighted by molar-refractivity contribution is 8.05. The summed E-state index contributed by atoms with van der Waals surface area (Å²) in [6.07, 6.45) is 2.00. The molecule has 0 spiro atoms. The van der Waals surface area contributed by atoms with Gasteiger partial charge in [0.1, 0.15) is 0 Å². The number of thioether (sulfide) groups is 1. The largest absolute Gasteiger partial charge is 0.356 e. The predicted octanol–water partition coefficient (Wildman–Crippen LogP) is 7.21. The van der Waals surface area contributed by atoms with Crippen molar-refractivity contribution in [2.45, 2.75) is 25.9 Å². The predicted molar refractivity (Wildman–Crippen MR) is 145 cm³/mol. The molecule has 0 radical (unpaired) electrons. The van der Waals surface area contributed by atoms with E-state index in [1.165, 1.54) is 17.3 Å². The normalized spacial score (nSPS) is 16.9. The third kappa shape index (κ3) is 4.56. The lowest BCUT2D eigenvalue weighted by atomic mass is 10.1. The number of halogens is 2. The Labute approximate surface area is 212 Å². The number of hydrogen-bond acceptors (Lipinski definition) is 3. The first-order valence-corrected chi connectivity index (χ1v) is 12.6. The van der Waals surface area contributed by atoms with Crippen LogP contribution in [0.2, 0.25) is 10.0 Å². The van der Waals surface area contributed by atoms with Gasteiger partial charge >= 0.3 is 0 Å². The first-order valence-electron chi connectivity index (χ1n) is 10.9. The fourth-order valence-corrected chi connectivity index (χ4v) is 5.46. The molecular weight excluding hydrogens is 485 g/mol. The Kier molecular flexibility index (Phi) is 6.34. The van der Waals surface area contributed by atoms with Crippen molar-refractivity contribution in [1.82, 2.24) is 9.88 Å². The van der Waals surface area contributed by atoms with Gasteiger partial charge in [0.25, 0.3) is 5.91 Å². The number of fused-ring (bicyclic) bond motifs is 1. The Balaban J connectivity index is 1.46. The van der Waals surface area contributed by atoms with Crippen molar-refractivity contribution in [3.8, 4) is 0 Å². The molecule has 1 unspecified atom stereocenters. The molecule has 172 valence electrons. The summed E-state index contributed by atoms with van der Waals surface area (Å²) in [7, 11) is 0. The second kappa shape index (κ2) is 9.41. The van der Waals surface area contributed by atoms with E-state index in [0.717, 1.165) is 45.0 Å². The molecule has 1 atom stereocenters. The molecule has 0 bridgehead atoms. The van der Waals surface area contributed by atoms with Gasteiger partial charge in [-0.15, -0.1) is 0 Å². The number of nitrogens with zero attached hydrogens (tertiary/aromatic N) is 1. The molecule has 7 heteroatoms. The smallest absolute Gasteiger partial charge is 0.260 e. The highest BCUT2D eigenvalue weighted by Gasteiger charge is 2.28. The molecule has 2 heterocycles. The highest BCUT2D eigenvalue weighted by atomic mass is 35.5. The van der Waals surface area contributed by atoms with Crippen LogP contribution in [0.25, 0.3) is 17.0 Å². The van der Waals surface area contributed by atoms with Crippen molar-refractivity contribution in [1.29, 1.82) is 0 Å². The Morgan fingerprint density at radius 1 is 1.03 bits per heavy atom. The highest BCUT2D eigenvalue weighted by Crippen LogP contribution is 2.35. The van der Waals surface area contributed by atoms with Crippen LogP contribution in [0.1, 0.15) is 22.4 Å². The van der Waals surface area contributed by atoms with E-state index in [-0.39, 0.29) is 11.4 Å². The minimum atomic E-state index is -0.265. The summed E-state index contributed by atoms with van der Waals surface area (Å²) in [6.45, 7) is 4.84. The van der Waals surface area contributed by atoms with Crippen LogP contribution < -0.4 is 10.6 Å². The lowest BCUT2D eigenvalue weighted by molar-refractivity contribution is -0.116. The Morgan fingerprint density at radius 3 is 2.56 bits per heavy atom. The zero-order chi connectivity index (χ0) is 23.8. The number of nitrogens with one attached hydrogen (secondary N) is 2. The number of carbonyl (C=O) groups excluding carboxylic acids is 1. The van der Waals surface area contributed by atoms with Crippen LogP contribution in [0.15, 0.2) is 71.6 Å². The van der Waals surface area contributed by atoms with Gasteiger partial charge in [-0.1, -0.05) is 71.4 Å². The lowest BCUT2D eigenvalue weighted by Gasteiger charge is -2.15. The average molecular weight is 508 g/mol. The van der Waals surface area contributed by atoms with Crippen molar-refractivity contribution in [3.63, 3.8) is 0 Å². The molecule has 1 saturated heterocycles. The molecule has 3 aromatic carbocycles. The third-order valence-corrected chi connectivity index (χ3v) is 7.54. The molecule has 2 N–H and O–H groups in total. The minimum absolute atomic E-state index is 0.0869. The Hall–Kier alpha value is -2.86. The van der Waals surface area contributed by atoms with Crippen LogP contribution in [0.3, 0.4) is 0 Å². The molecule has 4 aromatic rings. The minimum Gasteiger partial charge on any atom is -0.356 e. The van der Waals surface area contributed by atoms with Gasteiger partial charge in [-0.25, -0.2) is 0 Å². The zero-order valence-electron chi connectivity index (χ0n) is 18.7. The molecule has 34 heavy (non-hydrogen) atoms. The van der Waals surface area contributed by atoms with Gasteiger partial charge in [0.05, 0.1) is 4.91 Å². The van der Waals surface area contributed by atoms with Crippen molar-refractivity contribution in [3.05, 3.63) is 104 Å². The van der Waals surface area contributed by atoms with E-state index < -0.39 is 0 Å². The van der Waals surface area contributed by atoms with Gasteiger partial charge in [0, 0.05) is 44.4 Å². The number of carbonyl (C=O) groups is 1. The summed E-state index contributed by atoms with van der Waals surface area (Å²) in [5.74, 6) is -0.0869. The standard InChI is InChI=1S/C27H23Cl2N3OS/c1-16-7-10-20(29)13-23(16)30-27-31-26(33)25(34-27)14-22-17(2)32(24-6-4-3-5-21(22)24)15-18-8-11-19(28)12-9-18/h3-14,27,30H,15H2,1-2H3,(H,31,33)/b25-14-. The van der Waals surface area contributed by atoms with Gasteiger partial charge in [-0.3, -0.25) is 4.79 Å². The summed E-state index contributed by atoms with van der Waals surface area (Å²) >= 11 is 13.7. The zero-order valence-corrected chi connectivity index (χ0v) is 21.1. The monoisotopic (exact) mass is 507 g/mol. The van der Waals surface area contributed by atoms with E-state index in [0.29, 0.717) is 9.93 Å². The van der Waals surface area contributed by atoms with Crippen molar-refractivity contribution in [2.24, 2.45) is 0 Å². The number of anilines is 1. The van der Waals surface area contributed by atoms with Crippen LogP contribution in [-0.4, -0.2) is 16.0 Å². The number of amides is 1. The lowest BCUT2D eigenvalue weighted by Crippen LogP contribution is -2.31. The molecule has 4 nitrogen and oxygen atoms in total.